The first-order valence-corrected chi connectivity index (χ1v) is 14.8. The van der Waals surface area contributed by atoms with Crippen LogP contribution in [0.5, 0.6) is 5.75 Å². The normalized spacial score (nSPS) is 11.9. The van der Waals surface area contributed by atoms with Crippen molar-refractivity contribution in [3.8, 4) is 5.75 Å². The van der Waals surface area contributed by atoms with Crippen LogP contribution >= 0.6 is 11.6 Å². The van der Waals surface area contributed by atoms with E-state index in [4.69, 9.17) is 16.3 Å². The second-order valence-corrected chi connectivity index (χ2v) is 11.5. The third kappa shape index (κ3) is 8.73. The predicted octanol–water partition coefficient (Wildman–Crippen LogP) is 4.28. The lowest BCUT2D eigenvalue weighted by molar-refractivity contribution is -0.140. The third-order valence-electron chi connectivity index (χ3n) is 6.10. The molecule has 0 aliphatic carbocycles. The van der Waals surface area contributed by atoms with E-state index >= 15 is 0 Å². The summed E-state index contributed by atoms with van der Waals surface area (Å²) < 4.78 is 31.9. The summed E-state index contributed by atoms with van der Waals surface area (Å²) in [4.78, 5) is 28.9. The first-order chi connectivity index (χ1) is 18.6. The van der Waals surface area contributed by atoms with Crippen LogP contribution in [0, 0.1) is 0 Å². The minimum atomic E-state index is -3.84. The lowest BCUT2D eigenvalue weighted by Gasteiger charge is -2.33. The molecule has 0 aliphatic heterocycles. The van der Waals surface area contributed by atoms with Crippen molar-refractivity contribution in [2.45, 2.75) is 32.4 Å². The molecule has 3 aromatic carbocycles. The molecule has 3 rings (SSSR count). The van der Waals surface area contributed by atoms with Gasteiger partial charge in [0.15, 0.2) is 0 Å². The Bertz CT molecular complexity index is 1350. The van der Waals surface area contributed by atoms with Gasteiger partial charge in [0.05, 0.1) is 19.1 Å². The van der Waals surface area contributed by atoms with E-state index in [0.717, 1.165) is 28.1 Å². The zero-order chi connectivity index (χ0) is 28.4. The molecule has 1 N–H and O–H groups in total. The molecule has 0 radical (unpaired) electrons. The van der Waals surface area contributed by atoms with Crippen LogP contribution in [0.15, 0.2) is 78.9 Å². The Labute approximate surface area is 235 Å². The fourth-order valence-corrected chi connectivity index (χ4v) is 5.08. The number of halogens is 1. The van der Waals surface area contributed by atoms with Crippen molar-refractivity contribution in [3.63, 3.8) is 0 Å². The average molecular weight is 572 g/mol. The number of nitrogens with one attached hydrogen (secondary N) is 1. The lowest BCUT2D eigenvalue weighted by Crippen LogP contribution is -2.53. The van der Waals surface area contributed by atoms with E-state index in [0.29, 0.717) is 23.0 Å². The Morgan fingerprint density at radius 3 is 2.26 bits per heavy atom. The van der Waals surface area contributed by atoms with Crippen molar-refractivity contribution in [2.24, 2.45) is 0 Å². The molecule has 8 nitrogen and oxygen atoms in total. The van der Waals surface area contributed by atoms with E-state index < -0.39 is 28.5 Å². The number of hydrogen-bond acceptors (Lipinski definition) is 5. The summed E-state index contributed by atoms with van der Waals surface area (Å²) in [5.74, 6) is -0.228. The first kappa shape index (κ1) is 30.0. The zero-order valence-corrected chi connectivity index (χ0v) is 23.9. The van der Waals surface area contributed by atoms with Gasteiger partial charge in [-0.1, -0.05) is 61.0 Å². The molecule has 208 valence electrons. The number of sulfonamides is 1. The molecule has 0 saturated heterocycles. The Morgan fingerprint density at radius 2 is 1.64 bits per heavy atom. The zero-order valence-electron chi connectivity index (χ0n) is 22.3. The fraction of sp³-hybridized carbons (Fsp3) is 0.310. The minimum absolute atomic E-state index is 0.0747. The summed E-state index contributed by atoms with van der Waals surface area (Å²) >= 11 is 6.00. The van der Waals surface area contributed by atoms with Crippen LogP contribution in [0.2, 0.25) is 5.02 Å². The van der Waals surface area contributed by atoms with E-state index in [-0.39, 0.29) is 18.9 Å². The molecule has 2 amide bonds. The molecule has 0 spiro atoms. The fourth-order valence-electron chi connectivity index (χ4n) is 4.11. The van der Waals surface area contributed by atoms with Crippen molar-refractivity contribution < 1.29 is 22.7 Å². The van der Waals surface area contributed by atoms with Gasteiger partial charge in [-0.25, -0.2) is 8.42 Å². The molecule has 39 heavy (non-hydrogen) atoms. The largest absolute Gasteiger partial charge is 0.497 e. The molecule has 0 aromatic heterocycles. The number of ether oxygens (including phenoxy) is 1. The number of methoxy groups -OCH3 is 1. The maximum absolute atomic E-state index is 14.0. The first-order valence-electron chi connectivity index (χ1n) is 12.6. The highest BCUT2D eigenvalue weighted by atomic mass is 35.5. The molecule has 0 aliphatic rings. The quantitative estimate of drug-likeness (QED) is 0.330. The monoisotopic (exact) mass is 571 g/mol. The van der Waals surface area contributed by atoms with Gasteiger partial charge in [-0.3, -0.25) is 13.9 Å². The van der Waals surface area contributed by atoms with Crippen molar-refractivity contribution in [3.05, 3.63) is 95.0 Å². The van der Waals surface area contributed by atoms with E-state index in [2.05, 4.69) is 5.32 Å². The highest BCUT2D eigenvalue weighted by Crippen LogP contribution is 2.23. The molecule has 0 bridgehead atoms. The second-order valence-electron chi connectivity index (χ2n) is 9.12. The second kappa shape index (κ2) is 14.0. The molecule has 0 saturated carbocycles. The summed E-state index contributed by atoms with van der Waals surface area (Å²) in [5, 5.41) is 3.35. The number of hydrogen-bond donors (Lipinski definition) is 1. The van der Waals surface area contributed by atoms with Gasteiger partial charge in [0, 0.05) is 24.5 Å². The Balaban J connectivity index is 2.04. The van der Waals surface area contributed by atoms with E-state index in [1.807, 2.05) is 43.3 Å². The maximum Gasteiger partial charge on any atom is 0.244 e. The Kier molecular flexibility index (Phi) is 10.8. The van der Waals surface area contributed by atoms with Crippen molar-refractivity contribution in [1.29, 1.82) is 0 Å². The third-order valence-corrected chi connectivity index (χ3v) is 7.49. The summed E-state index contributed by atoms with van der Waals surface area (Å²) in [6.45, 7) is 1.98. The van der Waals surface area contributed by atoms with Gasteiger partial charge in [0.25, 0.3) is 0 Å². The smallest absolute Gasteiger partial charge is 0.244 e. The molecule has 0 fully saturated rings. The number of carbonyl (C=O) groups is 2. The number of nitrogens with zero attached hydrogens (tertiary/aromatic N) is 2. The van der Waals surface area contributed by atoms with Crippen LogP contribution in [0.25, 0.3) is 0 Å². The number of rotatable bonds is 13. The molecular weight excluding hydrogens is 538 g/mol. The maximum atomic E-state index is 14.0. The van der Waals surface area contributed by atoms with Gasteiger partial charge in [-0.05, 0) is 53.9 Å². The highest BCUT2D eigenvalue weighted by molar-refractivity contribution is 7.92. The number of carbonyl (C=O) groups excluding carboxylic acids is 2. The van der Waals surface area contributed by atoms with Gasteiger partial charge < -0.3 is 15.0 Å². The van der Waals surface area contributed by atoms with Crippen LogP contribution < -0.4 is 14.4 Å². The number of amides is 2. The van der Waals surface area contributed by atoms with Crippen LogP contribution in [-0.2, 0) is 32.6 Å². The Hall–Kier alpha value is -3.56. The van der Waals surface area contributed by atoms with E-state index in [1.54, 1.807) is 49.6 Å². The SMILES string of the molecule is CCCNC(=O)[C@@H](Cc1ccccc1)N(Cc1cccc(OC)c1)C(=O)CN(c1ccc(Cl)cc1)S(C)(=O)=O. The summed E-state index contributed by atoms with van der Waals surface area (Å²) in [6.07, 6.45) is 2.02. The van der Waals surface area contributed by atoms with Crippen LogP contribution in [0.3, 0.4) is 0 Å². The van der Waals surface area contributed by atoms with Crippen molar-refractivity contribution in [2.75, 3.05) is 30.8 Å². The highest BCUT2D eigenvalue weighted by Gasteiger charge is 2.33. The molecule has 0 heterocycles. The molecule has 0 unspecified atom stereocenters. The standard InChI is InChI=1S/C29H34ClN3O5S/c1-4-17-31-29(35)27(19-22-9-6-5-7-10-22)32(20-23-11-8-12-26(18-23)38-2)28(34)21-33(39(3,36)37)25-15-13-24(30)14-16-25/h5-16,18,27H,4,17,19-21H2,1-3H3,(H,31,35)/t27-/m1/s1. The van der Waals surface area contributed by atoms with E-state index in [9.17, 15) is 18.0 Å². The number of anilines is 1. The topological polar surface area (TPSA) is 96.0 Å². The summed E-state index contributed by atoms with van der Waals surface area (Å²) in [7, 11) is -2.29. The summed E-state index contributed by atoms with van der Waals surface area (Å²) in [6, 6.07) is 21.9. The minimum Gasteiger partial charge on any atom is -0.497 e. The molecular formula is C29H34ClN3O5S. The number of benzene rings is 3. The van der Waals surface area contributed by atoms with Gasteiger partial charge in [0.2, 0.25) is 21.8 Å². The van der Waals surface area contributed by atoms with Gasteiger partial charge in [-0.15, -0.1) is 0 Å². The van der Waals surface area contributed by atoms with Gasteiger partial charge >= 0.3 is 0 Å². The van der Waals surface area contributed by atoms with Gasteiger partial charge in [-0.2, -0.15) is 0 Å². The molecule has 3 aromatic rings. The van der Waals surface area contributed by atoms with E-state index in [1.165, 1.54) is 4.90 Å². The molecule has 10 heteroatoms. The van der Waals surface area contributed by atoms with Crippen molar-refractivity contribution >= 4 is 39.1 Å². The van der Waals surface area contributed by atoms with Gasteiger partial charge in [0.1, 0.15) is 18.3 Å². The lowest BCUT2D eigenvalue weighted by atomic mass is 10.0. The van der Waals surface area contributed by atoms with Crippen LogP contribution in [0.1, 0.15) is 24.5 Å². The van der Waals surface area contributed by atoms with Crippen LogP contribution in [0.4, 0.5) is 5.69 Å². The van der Waals surface area contributed by atoms with Crippen molar-refractivity contribution in [1.82, 2.24) is 10.2 Å². The molecule has 1 atom stereocenters. The predicted molar refractivity (Wildman–Crippen MR) is 154 cm³/mol. The Morgan fingerprint density at radius 1 is 0.974 bits per heavy atom. The average Bonchev–Trinajstić information content (AvgIpc) is 2.92. The summed E-state index contributed by atoms with van der Waals surface area (Å²) in [5.41, 5.74) is 1.91. The van der Waals surface area contributed by atoms with Crippen LogP contribution in [-0.4, -0.2) is 57.6 Å².